The summed E-state index contributed by atoms with van der Waals surface area (Å²) in [6.45, 7) is 5.16. The Bertz CT molecular complexity index is 1340. The number of piperidine rings is 1. The Morgan fingerprint density at radius 3 is 2.64 bits per heavy atom. The first-order chi connectivity index (χ1) is 17.2. The van der Waals surface area contributed by atoms with Crippen LogP contribution in [0.5, 0.6) is 5.75 Å². The summed E-state index contributed by atoms with van der Waals surface area (Å²) in [5.74, 6) is 0.614. The number of fused-ring (bicyclic) bond motifs is 1. The number of hydrogen-bond donors (Lipinski definition) is 3. The predicted octanol–water partition coefficient (Wildman–Crippen LogP) is 4.32. The average Bonchev–Trinajstić information content (AvgIpc) is 2.86. The van der Waals surface area contributed by atoms with E-state index in [9.17, 15) is 18.4 Å². The van der Waals surface area contributed by atoms with Gasteiger partial charge in [0.15, 0.2) is 11.1 Å². The lowest BCUT2D eigenvalue weighted by Gasteiger charge is -2.33. The van der Waals surface area contributed by atoms with Crippen LogP contribution in [0, 0.1) is 5.92 Å². The number of aromatic nitrogens is 1. The van der Waals surface area contributed by atoms with Gasteiger partial charge in [-0.25, -0.2) is 4.21 Å². The van der Waals surface area contributed by atoms with Crippen LogP contribution in [0.15, 0.2) is 52.3 Å². The second-order valence-electron chi connectivity index (χ2n) is 9.00. The second-order valence-corrected chi connectivity index (χ2v) is 10.8. The van der Waals surface area contributed by atoms with Crippen LogP contribution < -0.4 is 15.6 Å². The third-order valence-electron chi connectivity index (χ3n) is 6.23. The van der Waals surface area contributed by atoms with Crippen molar-refractivity contribution in [3.8, 4) is 5.75 Å². The van der Waals surface area contributed by atoms with Crippen LogP contribution in [0.4, 0.5) is 0 Å². The topological polar surface area (TPSA) is 112 Å². The van der Waals surface area contributed by atoms with E-state index in [0.29, 0.717) is 27.5 Å². The van der Waals surface area contributed by atoms with Gasteiger partial charge in [-0.15, -0.1) is 0 Å². The van der Waals surface area contributed by atoms with E-state index in [-0.39, 0.29) is 28.2 Å². The molecule has 0 aliphatic carbocycles. The zero-order chi connectivity index (χ0) is 25.8. The van der Waals surface area contributed by atoms with Gasteiger partial charge >= 0.3 is 0 Å². The largest absolute Gasteiger partial charge is 0.490 e. The molecule has 2 heterocycles. The Labute approximate surface area is 221 Å². The molecule has 2 aromatic carbocycles. The molecule has 4 rings (SSSR count). The zero-order valence-electron chi connectivity index (χ0n) is 19.6. The average molecular weight is 552 g/mol. The van der Waals surface area contributed by atoms with Gasteiger partial charge in [0.25, 0.3) is 11.5 Å². The number of amides is 1. The highest BCUT2D eigenvalue weighted by Crippen LogP contribution is 2.28. The molecule has 1 amide bonds. The lowest BCUT2D eigenvalue weighted by Crippen LogP contribution is -2.42. The van der Waals surface area contributed by atoms with Crippen molar-refractivity contribution in [1.29, 1.82) is 0 Å². The number of H-pyrrole nitrogens is 1. The molecule has 1 aliphatic heterocycles. The number of carbonyl (C=O) groups is 1. The summed E-state index contributed by atoms with van der Waals surface area (Å²) >= 11 is 9.82. The summed E-state index contributed by atoms with van der Waals surface area (Å²) in [5, 5.41) is 4.55. The summed E-state index contributed by atoms with van der Waals surface area (Å²) in [5.41, 5.74) is -0.110. The molecular weight excluding hydrogens is 525 g/mol. The lowest BCUT2D eigenvalue weighted by molar-refractivity contribution is 0.0886. The molecule has 192 valence electrons. The minimum atomic E-state index is -2.21. The van der Waals surface area contributed by atoms with E-state index in [1.807, 2.05) is 6.07 Å². The molecule has 2 atom stereocenters. The van der Waals surface area contributed by atoms with Crippen molar-refractivity contribution in [1.82, 2.24) is 15.2 Å². The van der Waals surface area contributed by atoms with Gasteiger partial charge in [0.05, 0.1) is 20.5 Å². The minimum absolute atomic E-state index is 0.102. The van der Waals surface area contributed by atoms with Crippen molar-refractivity contribution in [2.24, 2.45) is 5.92 Å². The van der Waals surface area contributed by atoms with E-state index in [1.54, 1.807) is 12.1 Å². The van der Waals surface area contributed by atoms with Gasteiger partial charge in [0.2, 0.25) is 0 Å². The van der Waals surface area contributed by atoms with Gasteiger partial charge in [-0.2, -0.15) is 0 Å². The number of nitrogens with zero attached hydrogens (tertiary/aromatic N) is 1. The first-order valence-electron chi connectivity index (χ1n) is 11.6. The van der Waals surface area contributed by atoms with Crippen molar-refractivity contribution in [2.75, 3.05) is 26.2 Å². The molecule has 1 saturated heterocycles. The van der Waals surface area contributed by atoms with Gasteiger partial charge in [0, 0.05) is 49.2 Å². The number of pyridine rings is 1. The maximum atomic E-state index is 12.9. The summed E-state index contributed by atoms with van der Waals surface area (Å²) in [6.07, 6.45) is 3.27. The molecule has 36 heavy (non-hydrogen) atoms. The molecule has 0 radical (unpaired) electrons. The van der Waals surface area contributed by atoms with Crippen LogP contribution in [0.25, 0.3) is 10.8 Å². The van der Waals surface area contributed by atoms with Crippen LogP contribution in [0.2, 0.25) is 10.0 Å². The number of nitrogens with one attached hydrogen (secondary N) is 2. The molecular formula is C25H27Cl2N3O5S. The molecule has 1 aromatic heterocycles. The number of ether oxygens (including phenoxy) is 1. The fourth-order valence-corrected chi connectivity index (χ4v) is 5.05. The van der Waals surface area contributed by atoms with Crippen molar-refractivity contribution < 1.29 is 18.3 Å². The highest BCUT2D eigenvalue weighted by molar-refractivity contribution is 7.79. The van der Waals surface area contributed by atoms with E-state index in [1.165, 1.54) is 24.4 Å². The summed E-state index contributed by atoms with van der Waals surface area (Å²) in [7, 11) is 0. The van der Waals surface area contributed by atoms with Crippen LogP contribution in [-0.4, -0.2) is 56.8 Å². The van der Waals surface area contributed by atoms with Gasteiger partial charge in [-0.05, 0) is 43.0 Å². The highest BCUT2D eigenvalue weighted by Gasteiger charge is 2.22. The fraction of sp³-hybridized carbons (Fsp3) is 0.360. The molecule has 8 nitrogen and oxygen atoms in total. The Morgan fingerprint density at radius 2 is 1.94 bits per heavy atom. The molecule has 11 heteroatoms. The number of halogens is 2. The number of likely N-dealkylation sites (tertiary alicyclic amines) is 1. The molecule has 1 aliphatic rings. The molecule has 3 N–H and O–H groups in total. The SMILES string of the molecule is C[C@H](CNC(=O)c1c[nH]c(=O)c2cc(S(=O)O)ccc12)CN1CCC(Oc2ccc(Cl)c(Cl)c2)CC1. The maximum Gasteiger partial charge on any atom is 0.255 e. The molecule has 0 saturated carbocycles. The Balaban J connectivity index is 1.28. The van der Waals surface area contributed by atoms with Crippen LogP contribution in [0.1, 0.15) is 30.1 Å². The van der Waals surface area contributed by atoms with E-state index in [0.717, 1.165) is 38.2 Å². The molecule has 1 unspecified atom stereocenters. The van der Waals surface area contributed by atoms with Crippen molar-refractivity contribution in [2.45, 2.75) is 30.8 Å². The minimum Gasteiger partial charge on any atom is -0.490 e. The van der Waals surface area contributed by atoms with E-state index >= 15 is 0 Å². The summed E-state index contributed by atoms with van der Waals surface area (Å²) < 4.78 is 26.7. The van der Waals surface area contributed by atoms with Crippen molar-refractivity contribution >= 4 is 51.0 Å². The summed E-state index contributed by atoms with van der Waals surface area (Å²) in [6, 6.07) is 9.58. The normalized spacial score (nSPS) is 16.6. The monoisotopic (exact) mass is 551 g/mol. The third kappa shape index (κ3) is 6.46. The van der Waals surface area contributed by atoms with E-state index < -0.39 is 16.6 Å². The van der Waals surface area contributed by atoms with Gasteiger partial charge < -0.3 is 24.5 Å². The Hall–Kier alpha value is -2.43. The molecule has 0 spiro atoms. The van der Waals surface area contributed by atoms with E-state index in [4.69, 9.17) is 27.9 Å². The standard InChI is InChI=1S/C25H27Cl2N3O5S/c1-15(14-30-8-6-16(7-9-30)35-17-2-5-22(26)23(27)10-17)12-28-25(32)21-13-29-24(31)20-11-18(36(33)34)3-4-19(20)21/h2-5,10-11,13,15-16H,6-9,12,14H2,1H3,(H,28,32)(H,29,31)(H,33,34)/t15-/m1/s1. The van der Waals surface area contributed by atoms with Gasteiger partial charge in [-0.3, -0.25) is 9.59 Å². The predicted molar refractivity (Wildman–Crippen MR) is 142 cm³/mol. The molecule has 3 aromatic rings. The Morgan fingerprint density at radius 1 is 1.19 bits per heavy atom. The highest BCUT2D eigenvalue weighted by atomic mass is 35.5. The molecule has 1 fully saturated rings. The number of hydrogen-bond acceptors (Lipinski definition) is 5. The number of aromatic amines is 1. The van der Waals surface area contributed by atoms with E-state index in [2.05, 4.69) is 22.1 Å². The number of benzene rings is 2. The molecule has 0 bridgehead atoms. The smallest absolute Gasteiger partial charge is 0.255 e. The Kier molecular flexibility index (Phi) is 8.69. The van der Waals surface area contributed by atoms with Gasteiger partial charge in [0.1, 0.15) is 11.9 Å². The number of rotatable bonds is 8. The van der Waals surface area contributed by atoms with Crippen LogP contribution in [-0.2, 0) is 11.1 Å². The first-order valence-corrected chi connectivity index (χ1v) is 13.5. The number of carbonyl (C=O) groups excluding carboxylic acids is 1. The third-order valence-corrected chi connectivity index (χ3v) is 7.63. The van der Waals surface area contributed by atoms with Crippen LogP contribution >= 0.6 is 23.2 Å². The lowest BCUT2D eigenvalue weighted by atomic mass is 10.0. The zero-order valence-corrected chi connectivity index (χ0v) is 22.0. The maximum absolute atomic E-state index is 12.9. The second kappa shape index (κ2) is 11.7. The first kappa shape index (κ1) is 26.6. The summed E-state index contributed by atoms with van der Waals surface area (Å²) in [4.78, 5) is 30.0. The van der Waals surface area contributed by atoms with Crippen LogP contribution in [0.3, 0.4) is 0 Å². The quantitative estimate of drug-likeness (QED) is 0.359. The van der Waals surface area contributed by atoms with Crippen molar-refractivity contribution in [3.05, 3.63) is 68.6 Å². The van der Waals surface area contributed by atoms with Gasteiger partial charge in [-0.1, -0.05) is 36.2 Å². The van der Waals surface area contributed by atoms with Crippen molar-refractivity contribution in [3.63, 3.8) is 0 Å². The fourth-order valence-electron chi connectivity index (χ4n) is 4.36.